The van der Waals surface area contributed by atoms with Crippen LogP contribution in [0.25, 0.3) is 0 Å². The Kier molecular flexibility index (Phi) is 4.52. The van der Waals surface area contributed by atoms with E-state index in [-0.39, 0.29) is 5.41 Å². The summed E-state index contributed by atoms with van der Waals surface area (Å²) in [5.74, 6) is 2.21. The normalized spacial score (nSPS) is 28.4. The van der Waals surface area contributed by atoms with Crippen LogP contribution in [0.3, 0.4) is 0 Å². The van der Waals surface area contributed by atoms with Gasteiger partial charge in [0.2, 0.25) is 5.89 Å². The Morgan fingerprint density at radius 1 is 1.30 bits per heavy atom. The Bertz CT molecular complexity index is 435. The van der Waals surface area contributed by atoms with E-state index in [1.54, 1.807) is 0 Å². The van der Waals surface area contributed by atoms with E-state index in [1.807, 2.05) is 0 Å². The predicted octanol–water partition coefficient (Wildman–Crippen LogP) is 3.90. The Morgan fingerprint density at radius 3 is 2.65 bits per heavy atom. The van der Waals surface area contributed by atoms with Gasteiger partial charge in [0, 0.05) is 5.41 Å². The van der Waals surface area contributed by atoms with Crippen LogP contribution in [0.2, 0.25) is 0 Å². The number of nitrogens with zero attached hydrogens (tertiary/aromatic N) is 2. The molecule has 20 heavy (non-hydrogen) atoms. The van der Waals surface area contributed by atoms with E-state index >= 15 is 0 Å². The van der Waals surface area contributed by atoms with Crippen LogP contribution in [0.4, 0.5) is 0 Å². The molecule has 2 rings (SSSR count). The molecule has 0 radical (unpaired) electrons. The van der Waals surface area contributed by atoms with Crippen LogP contribution in [0, 0.1) is 5.92 Å². The fourth-order valence-corrected chi connectivity index (χ4v) is 3.09. The van der Waals surface area contributed by atoms with Gasteiger partial charge in [0.25, 0.3) is 0 Å². The van der Waals surface area contributed by atoms with Gasteiger partial charge in [-0.25, -0.2) is 0 Å². The largest absolute Gasteiger partial charge is 0.339 e. The lowest BCUT2D eigenvalue weighted by molar-refractivity contribution is 0.299. The third kappa shape index (κ3) is 3.40. The molecule has 1 heterocycles. The molecule has 0 amide bonds. The van der Waals surface area contributed by atoms with E-state index in [4.69, 9.17) is 10.3 Å². The Labute approximate surface area is 122 Å². The second-order valence-corrected chi connectivity index (χ2v) is 7.41. The third-order valence-electron chi connectivity index (χ3n) is 4.44. The molecule has 2 atom stereocenters. The zero-order valence-electron chi connectivity index (χ0n) is 13.4. The minimum Gasteiger partial charge on any atom is -0.339 e. The zero-order chi connectivity index (χ0) is 14.8. The smallest absolute Gasteiger partial charge is 0.232 e. The highest BCUT2D eigenvalue weighted by Gasteiger charge is 2.36. The molecule has 2 unspecified atom stereocenters. The molecule has 2 N–H and O–H groups in total. The van der Waals surface area contributed by atoms with E-state index in [2.05, 4.69) is 37.8 Å². The van der Waals surface area contributed by atoms with Crippen LogP contribution in [-0.4, -0.2) is 10.1 Å². The lowest BCUT2D eigenvalue weighted by atomic mass is 9.89. The van der Waals surface area contributed by atoms with Crippen LogP contribution in [0.1, 0.15) is 84.4 Å². The fourth-order valence-electron chi connectivity index (χ4n) is 3.09. The molecule has 0 spiro atoms. The maximum atomic E-state index is 6.61. The Morgan fingerprint density at radius 2 is 2.05 bits per heavy atom. The summed E-state index contributed by atoms with van der Waals surface area (Å²) in [6.45, 7) is 8.50. The second kappa shape index (κ2) is 5.84. The lowest BCUT2D eigenvalue weighted by Crippen LogP contribution is -2.37. The molecule has 0 saturated heterocycles. The van der Waals surface area contributed by atoms with E-state index in [0.29, 0.717) is 11.7 Å². The summed E-state index contributed by atoms with van der Waals surface area (Å²) in [7, 11) is 0. The van der Waals surface area contributed by atoms with E-state index < -0.39 is 5.54 Å². The van der Waals surface area contributed by atoms with Crippen molar-refractivity contribution in [2.24, 2.45) is 11.7 Å². The highest BCUT2D eigenvalue weighted by atomic mass is 16.5. The van der Waals surface area contributed by atoms with Crippen LogP contribution < -0.4 is 5.73 Å². The SMILES string of the molecule is CCCC1CCCC(N)(c2noc(C(C)(C)C)n2)CC1. The monoisotopic (exact) mass is 279 g/mol. The summed E-state index contributed by atoms with van der Waals surface area (Å²) in [4.78, 5) is 4.59. The number of nitrogens with two attached hydrogens (primary N) is 1. The van der Waals surface area contributed by atoms with E-state index in [1.165, 1.54) is 32.1 Å². The predicted molar refractivity (Wildman–Crippen MR) is 80.3 cm³/mol. The Hall–Kier alpha value is -0.900. The van der Waals surface area contributed by atoms with Crippen molar-refractivity contribution in [3.63, 3.8) is 0 Å². The molecule has 0 aliphatic heterocycles. The van der Waals surface area contributed by atoms with Crippen molar-refractivity contribution in [3.05, 3.63) is 11.7 Å². The first-order valence-corrected chi connectivity index (χ1v) is 7.99. The standard InChI is InChI=1S/C16H29N3O/c1-5-7-12-8-6-10-16(17,11-9-12)13-18-14(20-19-13)15(2,3)4/h12H,5-11,17H2,1-4H3. The highest BCUT2D eigenvalue weighted by Crippen LogP contribution is 2.36. The number of hydrogen-bond donors (Lipinski definition) is 1. The van der Waals surface area contributed by atoms with Gasteiger partial charge in [-0.3, -0.25) is 0 Å². The van der Waals surface area contributed by atoms with Gasteiger partial charge in [0.1, 0.15) is 0 Å². The van der Waals surface area contributed by atoms with Gasteiger partial charge in [-0.1, -0.05) is 58.5 Å². The number of rotatable bonds is 3. The first kappa shape index (κ1) is 15.5. The van der Waals surface area contributed by atoms with Gasteiger partial charge in [-0.2, -0.15) is 4.98 Å². The van der Waals surface area contributed by atoms with Crippen LogP contribution >= 0.6 is 0 Å². The van der Waals surface area contributed by atoms with Gasteiger partial charge in [0.05, 0.1) is 5.54 Å². The van der Waals surface area contributed by atoms with Crippen molar-refractivity contribution in [1.29, 1.82) is 0 Å². The average Bonchev–Trinajstić information content (AvgIpc) is 2.79. The van der Waals surface area contributed by atoms with Crippen molar-refractivity contribution in [1.82, 2.24) is 10.1 Å². The molecule has 114 valence electrons. The molecule has 0 aromatic carbocycles. The molecule has 1 fully saturated rings. The molecule has 1 aliphatic carbocycles. The van der Waals surface area contributed by atoms with Crippen molar-refractivity contribution in [3.8, 4) is 0 Å². The van der Waals surface area contributed by atoms with Crippen molar-refractivity contribution in [2.45, 2.75) is 83.6 Å². The van der Waals surface area contributed by atoms with E-state index in [9.17, 15) is 0 Å². The molecular weight excluding hydrogens is 250 g/mol. The average molecular weight is 279 g/mol. The van der Waals surface area contributed by atoms with E-state index in [0.717, 1.165) is 18.8 Å². The maximum Gasteiger partial charge on any atom is 0.232 e. The topological polar surface area (TPSA) is 64.9 Å². The molecule has 1 aliphatic rings. The summed E-state index contributed by atoms with van der Waals surface area (Å²) in [5, 5.41) is 4.18. The van der Waals surface area contributed by atoms with Crippen LogP contribution in [-0.2, 0) is 11.0 Å². The summed E-state index contributed by atoms with van der Waals surface area (Å²) >= 11 is 0. The van der Waals surface area contributed by atoms with Gasteiger partial charge < -0.3 is 10.3 Å². The second-order valence-electron chi connectivity index (χ2n) is 7.41. The number of hydrogen-bond acceptors (Lipinski definition) is 4. The Balaban J connectivity index is 2.12. The van der Waals surface area contributed by atoms with Gasteiger partial charge in [-0.15, -0.1) is 0 Å². The highest BCUT2D eigenvalue weighted by molar-refractivity contribution is 5.08. The zero-order valence-corrected chi connectivity index (χ0v) is 13.4. The minimum absolute atomic E-state index is 0.114. The summed E-state index contributed by atoms with van der Waals surface area (Å²) < 4.78 is 5.42. The van der Waals surface area contributed by atoms with Gasteiger partial charge in [-0.05, 0) is 25.2 Å². The number of aromatic nitrogens is 2. The van der Waals surface area contributed by atoms with Crippen molar-refractivity contribution >= 4 is 0 Å². The van der Waals surface area contributed by atoms with Crippen LogP contribution in [0.5, 0.6) is 0 Å². The first-order chi connectivity index (χ1) is 9.35. The first-order valence-electron chi connectivity index (χ1n) is 7.99. The summed E-state index contributed by atoms with van der Waals surface area (Å²) in [5.41, 5.74) is 6.10. The summed E-state index contributed by atoms with van der Waals surface area (Å²) in [6, 6.07) is 0. The lowest BCUT2D eigenvalue weighted by Gasteiger charge is -2.24. The maximum absolute atomic E-state index is 6.61. The van der Waals surface area contributed by atoms with Gasteiger partial charge in [0.15, 0.2) is 5.82 Å². The molecule has 4 heteroatoms. The third-order valence-corrected chi connectivity index (χ3v) is 4.44. The molecule has 1 saturated carbocycles. The summed E-state index contributed by atoms with van der Waals surface area (Å²) in [6.07, 6.45) is 8.16. The molecule has 0 bridgehead atoms. The van der Waals surface area contributed by atoms with Gasteiger partial charge >= 0.3 is 0 Å². The van der Waals surface area contributed by atoms with Crippen LogP contribution in [0.15, 0.2) is 4.52 Å². The van der Waals surface area contributed by atoms with Crippen molar-refractivity contribution in [2.75, 3.05) is 0 Å². The minimum atomic E-state index is -0.393. The molecular formula is C16H29N3O. The molecule has 1 aromatic rings. The van der Waals surface area contributed by atoms with Crippen molar-refractivity contribution < 1.29 is 4.52 Å². The molecule has 4 nitrogen and oxygen atoms in total. The molecule has 1 aromatic heterocycles. The fraction of sp³-hybridized carbons (Fsp3) is 0.875. The quantitative estimate of drug-likeness (QED) is 0.852.